The third kappa shape index (κ3) is 4.12. The van der Waals surface area contributed by atoms with Crippen LogP contribution in [0.15, 0.2) is 40.7 Å². The number of aryl methyl sites for hydroxylation is 1. The van der Waals surface area contributed by atoms with Crippen LogP contribution in [0, 0.1) is 22.9 Å². The fourth-order valence-corrected chi connectivity index (χ4v) is 3.96. The number of non-ortho nitro benzene ring substituents is 1. The van der Waals surface area contributed by atoms with Crippen molar-refractivity contribution in [1.29, 1.82) is 0 Å². The summed E-state index contributed by atoms with van der Waals surface area (Å²) in [5.74, 6) is -0.547. The molecule has 128 valence electrons. The number of aromatic nitrogens is 1. The molecule has 1 aromatic heterocycles. The van der Waals surface area contributed by atoms with Crippen LogP contribution in [0.25, 0.3) is 10.2 Å². The summed E-state index contributed by atoms with van der Waals surface area (Å²) in [5.41, 5.74) is 1.57. The van der Waals surface area contributed by atoms with Gasteiger partial charge in [-0.2, -0.15) is 0 Å². The van der Waals surface area contributed by atoms with Gasteiger partial charge in [0.15, 0.2) is 4.34 Å². The number of anilines is 1. The third-order valence-electron chi connectivity index (χ3n) is 3.35. The first-order valence-corrected chi connectivity index (χ1v) is 8.96. The minimum atomic E-state index is -0.458. The number of nitrogens with zero attached hydrogens (tertiary/aromatic N) is 2. The van der Waals surface area contributed by atoms with E-state index in [1.54, 1.807) is 25.1 Å². The monoisotopic (exact) mass is 377 g/mol. The third-order valence-corrected chi connectivity index (χ3v) is 5.51. The van der Waals surface area contributed by atoms with E-state index in [0.717, 1.165) is 0 Å². The van der Waals surface area contributed by atoms with Crippen molar-refractivity contribution in [2.24, 2.45) is 0 Å². The average Bonchev–Trinajstić information content (AvgIpc) is 2.98. The normalized spacial score (nSPS) is 10.8. The maximum Gasteiger partial charge on any atom is 0.270 e. The minimum Gasteiger partial charge on any atom is -0.325 e. The largest absolute Gasteiger partial charge is 0.325 e. The molecule has 1 N–H and O–H groups in total. The highest BCUT2D eigenvalue weighted by atomic mass is 32.2. The Morgan fingerprint density at radius 2 is 2.16 bits per heavy atom. The Balaban J connectivity index is 1.64. The summed E-state index contributed by atoms with van der Waals surface area (Å²) in [4.78, 5) is 26.6. The maximum atomic E-state index is 13.5. The first-order valence-electron chi connectivity index (χ1n) is 7.16. The zero-order valence-electron chi connectivity index (χ0n) is 13.0. The molecule has 25 heavy (non-hydrogen) atoms. The second-order valence-electron chi connectivity index (χ2n) is 5.19. The first-order chi connectivity index (χ1) is 11.9. The Kier molecular flexibility index (Phi) is 4.95. The number of carbonyl (C=O) groups is 1. The summed E-state index contributed by atoms with van der Waals surface area (Å²) in [6.45, 7) is 1.65. The fraction of sp³-hybridized carbons (Fsp3) is 0.125. The molecule has 0 aliphatic heterocycles. The van der Waals surface area contributed by atoms with Gasteiger partial charge in [0.05, 0.1) is 20.9 Å². The van der Waals surface area contributed by atoms with E-state index in [2.05, 4.69) is 10.3 Å². The fourth-order valence-electron chi connectivity index (χ4n) is 2.06. The molecular formula is C16H12FN3O3S2. The molecule has 3 rings (SSSR count). The highest BCUT2D eigenvalue weighted by Crippen LogP contribution is 2.31. The quantitative estimate of drug-likeness (QED) is 0.405. The van der Waals surface area contributed by atoms with Gasteiger partial charge in [-0.05, 0) is 30.7 Å². The molecule has 0 fully saturated rings. The number of amides is 1. The standard InChI is InChI=1S/C16H12FN3O3S2/c1-9-2-3-10(6-12(9)17)18-15(21)8-24-16-19-13-5-4-11(20(22)23)7-14(13)25-16/h2-7H,8H2,1H3,(H,18,21). The SMILES string of the molecule is Cc1ccc(NC(=O)CSc2nc3ccc([N+](=O)[O-])cc3s2)cc1F. The summed E-state index contributed by atoms with van der Waals surface area (Å²) in [6.07, 6.45) is 0. The zero-order chi connectivity index (χ0) is 18.0. The van der Waals surface area contributed by atoms with Gasteiger partial charge in [-0.3, -0.25) is 14.9 Å². The van der Waals surface area contributed by atoms with Crippen molar-refractivity contribution in [3.8, 4) is 0 Å². The number of hydrogen-bond acceptors (Lipinski definition) is 6. The Morgan fingerprint density at radius 1 is 1.36 bits per heavy atom. The van der Waals surface area contributed by atoms with Crippen LogP contribution in [0.3, 0.4) is 0 Å². The van der Waals surface area contributed by atoms with E-state index < -0.39 is 4.92 Å². The molecule has 9 heteroatoms. The number of fused-ring (bicyclic) bond motifs is 1. The predicted molar refractivity (Wildman–Crippen MR) is 96.8 cm³/mol. The highest BCUT2D eigenvalue weighted by molar-refractivity contribution is 8.01. The van der Waals surface area contributed by atoms with Crippen molar-refractivity contribution in [2.75, 3.05) is 11.1 Å². The van der Waals surface area contributed by atoms with E-state index in [0.29, 0.717) is 25.8 Å². The topological polar surface area (TPSA) is 85.1 Å². The van der Waals surface area contributed by atoms with Crippen LogP contribution in [0.5, 0.6) is 0 Å². The molecule has 0 atom stereocenters. The van der Waals surface area contributed by atoms with Crippen LogP contribution in [0.2, 0.25) is 0 Å². The van der Waals surface area contributed by atoms with Crippen molar-refractivity contribution in [2.45, 2.75) is 11.3 Å². The molecule has 2 aromatic carbocycles. The van der Waals surface area contributed by atoms with Gasteiger partial charge in [-0.1, -0.05) is 17.8 Å². The number of rotatable bonds is 5. The summed E-state index contributed by atoms with van der Waals surface area (Å²) in [7, 11) is 0. The summed E-state index contributed by atoms with van der Waals surface area (Å²) < 4.78 is 14.8. The van der Waals surface area contributed by atoms with E-state index in [9.17, 15) is 19.3 Å². The Morgan fingerprint density at radius 3 is 2.88 bits per heavy atom. The summed E-state index contributed by atoms with van der Waals surface area (Å²) in [5, 5.41) is 13.4. The van der Waals surface area contributed by atoms with Crippen molar-refractivity contribution < 1.29 is 14.1 Å². The van der Waals surface area contributed by atoms with Gasteiger partial charge in [0.2, 0.25) is 5.91 Å². The Hall–Kier alpha value is -2.52. The molecule has 0 unspecified atom stereocenters. The van der Waals surface area contributed by atoms with Gasteiger partial charge in [0.1, 0.15) is 5.82 Å². The van der Waals surface area contributed by atoms with Crippen LogP contribution in [0.1, 0.15) is 5.56 Å². The van der Waals surface area contributed by atoms with E-state index in [1.807, 2.05) is 0 Å². The van der Waals surface area contributed by atoms with Crippen LogP contribution >= 0.6 is 23.1 Å². The predicted octanol–water partition coefficient (Wildman–Crippen LogP) is 4.38. The van der Waals surface area contributed by atoms with Gasteiger partial charge in [-0.15, -0.1) is 11.3 Å². The smallest absolute Gasteiger partial charge is 0.270 e. The van der Waals surface area contributed by atoms with E-state index in [1.165, 1.54) is 41.3 Å². The van der Waals surface area contributed by atoms with E-state index >= 15 is 0 Å². The van der Waals surface area contributed by atoms with Crippen LogP contribution in [-0.2, 0) is 4.79 Å². The first kappa shape index (κ1) is 17.3. The molecule has 0 saturated heterocycles. The second kappa shape index (κ2) is 7.16. The molecule has 0 aliphatic rings. The lowest BCUT2D eigenvalue weighted by molar-refractivity contribution is -0.384. The minimum absolute atomic E-state index is 0.00633. The Bertz CT molecular complexity index is 974. The number of halogens is 1. The van der Waals surface area contributed by atoms with Gasteiger partial charge < -0.3 is 5.32 Å². The van der Waals surface area contributed by atoms with Crippen LogP contribution < -0.4 is 5.32 Å². The van der Waals surface area contributed by atoms with E-state index in [-0.39, 0.29) is 23.2 Å². The number of thioether (sulfide) groups is 1. The Labute approximate surface area is 150 Å². The highest BCUT2D eigenvalue weighted by Gasteiger charge is 2.12. The average molecular weight is 377 g/mol. The molecular weight excluding hydrogens is 365 g/mol. The van der Waals surface area contributed by atoms with Gasteiger partial charge in [0, 0.05) is 17.8 Å². The number of hydrogen-bond donors (Lipinski definition) is 1. The number of nitro groups is 1. The molecule has 6 nitrogen and oxygen atoms in total. The van der Waals surface area contributed by atoms with Gasteiger partial charge >= 0.3 is 0 Å². The molecule has 0 spiro atoms. The lowest BCUT2D eigenvalue weighted by Gasteiger charge is -2.05. The van der Waals surface area contributed by atoms with E-state index in [4.69, 9.17) is 0 Å². The van der Waals surface area contributed by atoms with Crippen molar-refractivity contribution in [3.63, 3.8) is 0 Å². The van der Waals surface area contributed by atoms with Crippen molar-refractivity contribution in [1.82, 2.24) is 4.98 Å². The van der Waals surface area contributed by atoms with Gasteiger partial charge in [0.25, 0.3) is 5.69 Å². The number of nitrogens with one attached hydrogen (secondary N) is 1. The number of thiazole rings is 1. The van der Waals surface area contributed by atoms with Gasteiger partial charge in [-0.25, -0.2) is 9.37 Å². The molecule has 0 aliphatic carbocycles. The lowest BCUT2D eigenvalue weighted by Crippen LogP contribution is -2.14. The van der Waals surface area contributed by atoms with Crippen molar-refractivity contribution in [3.05, 3.63) is 57.9 Å². The maximum absolute atomic E-state index is 13.5. The molecule has 3 aromatic rings. The summed E-state index contributed by atoms with van der Waals surface area (Å²) in [6, 6.07) is 8.95. The van der Waals surface area contributed by atoms with Crippen LogP contribution in [0.4, 0.5) is 15.8 Å². The second-order valence-corrected chi connectivity index (χ2v) is 7.44. The lowest BCUT2D eigenvalue weighted by atomic mass is 10.2. The van der Waals surface area contributed by atoms with Crippen molar-refractivity contribution >= 4 is 50.6 Å². The molecule has 0 bridgehead atoms. The number of nitro benzene ring substituents is 1. The molecule has 0 saturated carbocycles. The van der Waals surface area contributed by atoms with Crippen LogP contribution in [-0.4, -0.2) is 21.6 Å². The molecule has 1 amide bonds. The molecule has 0 radical (unpaired) electrons. The summed E-state index contributed by atoms with van der Waals surface area (Å²) >= 11 is 2.52. The molecule has 1 heterocycles. The number of benzene rings is 2. The number of carbonyl (C=O) groups excluding carboxylic acids is 1. The zero-order valence-corrected chi connectivity index (χ0v) is 14.6.